The van der Waals surface area contributed by atoms with Crippen molar-refractivity contribution in [3.05, 3.63) is 72.4 Å². The predicted octanol–water partition coefficient (Wildman–Crippen LogP) is 4.25. The van der Waals surface area contributed by atoms with Crippen molar-refractivity contribution < 1.29 is 9.59 Å². The van der Waals surface area contributed by atoms with E-state index >= 15 is 0 Å². The van der Waals surface area contributed by atoms with Crippen molar-refractivity contribution in [2.24, 2.45) is 0 Å². The van der Waals surface area contributed by atoms with Crippen LogP contribution in [0.1, 0.15) is 5.69 Å². The van der Waals surface area contributed by atoms with E-state index in [-0.39, 0.29) is 23.3 Å². The number of hydrogen-bond acceptors (Lipinski definition) is 6. The van der Waals surface area contributed by atoms with Gasteiger partial charge in [0.2, 0.25) is 11.8 Å². The van der Waals surface area contributed by atoms with Crippen LogP contribution in [0.4, 0.5) is 11.4 Å². The Hall–Kier alpha value is -2.84. The summed E-state index contributed by atoms with van der Waals surface area (Å²) in [5.41, 5.74) is 2.30. The number of carbonyl (C=O) groups excluding carboxylic acids is 2. The summed E-state index contributed by atoms with van der Waals surface area (Å²) in [5.74, 6) is 0.220. The average Bonchev–Trinajstić information content (AvgIpc) is 2.72. The number of anilines is 2. The molecule has 0 aliphatic rings. The molecule has 1 aromatic heterocycles. The largest absolute Gasteiger partial charge is 0.325 e. The van der Waals surface area contributed by atoms with Gasteiger partial charge in [-0.1, -0.05) is 59.9 Å². The van der Waals surface area contributed by atoms with Gasteiger partial charge in [-0.25, -0.2) is 9.97 Å². The van der Waals surface area contributed by atoms with E-state index in [4.69, 9.17) is 0 Å². The molecule has 29 heavy (non-hydrogen) atoms. The van der Waals surface area contributed by atoms with Crippen molar-refractivity contribution in [3.8, 4) is 0 Å². The van der Waals surface area contributed by atoms with Gasteiger partial charge in [0.05, 0.1) is 11.5 Å². The highest BCUT2D eigenvalue weighted by atomic mass is 32.2. The lowest BCUT2D eigenvalue weighted by Gasteiger charge is -2.07. The smallest absolute Gasteiger partial charge is 0.234 e. The minimum Gasteiger partial charge on any atom is -0.325 e. The summed E-state index contributed by atoms with van der Waals surface area (Å²) in [6.07, 6.45) is 0. The number of aromatic nitrogens is 2. The van der Waals surface area contributed by atoms with Crippen LogP contribution in [-0.2, 0) is 9.59 Å². The standard InChI is InChI=1S/C21H20N4O2S2/c1-15-12-20(28-13-18(26)23-16-8-4-2-5-9-16)25-21(22-15)29-14-19(27)24-17-10-6-3-7-11-17/h2-12H,13-14H2,1H3,(H,23,26)(H,24,27). The van der Waals surface area contributed by atoms with Gasteiger partial charge in [0.15, 0.2) is 5.16 Å². The second-order valence-corrected chi connectivity index (χ2v) is 7.97. The fraction of sp³-hybridized carbons (Fsp3) is 0.143. The Morgan fingerprint density at radius 2 is 1.31 bits per heavy atom. The summed E-state index contributed by atoms with van der Waals surface area (Å²) in [5, 5.41) is 6.89. The van der Waals surface area contributed by atoms with Gasteiger partial charge in [-0.05, 0) is 37.3 Å². The molecule has 0 saturated heterocycles. The quantitative estimate of drug-likeness (QED) is 0.320. The fourth-order valence-electron chi connectivity index (χ4n) is 2.36. The zero-order valence-electron chi connectivity index (χ0n) is 15.8. The lowest BCUT2D eigenvalue weighted by atomic mass is 10.3. The SMILES string of the molecule is Cc1cc(SCC(=O)Nc2ccccc2)nc(SCC(=O)Nc2ccccc2)n1. The van der Waals surface area contributed by atoms with Crippen molar-refractivity contribution in [2.45, 2.75) is 17.1 Å². The molecular formula is C21H20N4O2S2. The van der Waals surface area contributed by atoms with Gasteiger partial charge in [-0.15, -0.1) is 0 Å². The molecule has 0 aliphatic heterocycles. The van der Waals surface area contributed by atoms with Crippen LogP contribution in [0.3, 0.4) is 0 Å². The Bertz CT molecular complexity index is 893. The molecule has 6 nitrogen and oxygen atoms in total. The maximum Gasteiger partial charge on any atom is 0.234 e. The van der Waals surface area contributed by atoms with Crippen molar-refractivity contribution in [3.63, 3.8) is 0 Å². The highest BCUT2D eigenvalue weighted by Crippen LogP contribution is 2.21. The first-order chi connectivity index (χ1) is 14.1. The molecule has 2 aromatic carbocycles. The minimum absolute atomic E-state index is 0.103. The molecule has 8 heteroatoms. The summed E-state index contributed by atoms with van der Waals surface area (Å²) in [6.45, 7) is 1.86. The molecule has 148 valence electrons. The zero-order valence-corrected chi connectivity index (χ0v) is 17.4. The molecule has 0 spiro atoms. The third kappa shape index (κ3) is 7.24. The van der Waals surface area contributed by atoms with Gasteiger partial charge in [0.25, 0.3) is 0 Å². The normalized spacial score (nSPS) is 10.4. The molecule has 2 N–H and O–H groups in total. The van der Waals surface area contributed by atoms with E-state index < -0.39 is 0 Å². The Morgan fingerprint density at radius 1 is 0.793 bits per heavy atom. The Kier molecular flexibility index (Phi) is 7.66. The lowest BCUT2D eigenvalue weighted by Crippen LogP contribution is -2.14. The summed E-state index contributed by atoms with van der Waals surface area (Å²) >= 11 is 2.60. The number of rotatable bonds is 8. The van der Waals surface area contributed by atoms with Crippen molar-refractivity contribution >= 4 is 46.7 Å². The number of nitrogens with one attached hydrogen (secondary N) is 2. The molecule has 0 atom stereocenters. The summed E-state index contributed by atoms with van der Waals surface area (Å²) in [7, 11) is 0. The van der Waals surface area contributed by atoms with Crippen LogP contribution in [0, 0.1) is 6.92 Å². The van der Waals surface area contributed by atoms with Crippen LogP contribution in [0.5, 0.6) is 0 Å². The Labute approximate surface area is 177 Å². The van der Waals surface area contributed by atoms with Crippen LogP contribution in [0.25, 0.3) is 0 Å². The summed E-state index contributed by atoms with van der Waals surface area (Å²) < 4.78 is 0. The number of carbonyl (C=O) groups is 2. The van der Waals surface area contributed by atoms with Gasteiger partial charge in [0, 0.05) is 17.1 Å². The van der Waals surface area contributed by atoms with E-state index in [9.17, 15) is 9.59 Å². The topological polar surface area (TPSA) is 84.0 Å². The second kappa shape index (κ2) is 10.6. The number of nitrogens with zero attached hydrogens (tertiary/aromatic N) is 2. The molecule has 3 aromatic rings. The van der Waals surface area contributed by atoms with E-state index in [1.165, 1.54) is 23.5 Å². The summed E-state index contributed by atoms with van der Waals surface area (Å²) in [4.78, 5) is 33.0. The molecule has 2 amide bonds. The van der Waals surface area contributed by atoms with E-state index in [0.717, 1.165) is 17.1 Å². The molecular weight excluding hydrogens is 404 g/mol. The van der Waals surface area contributed by atoms with Crippen molar-refractivity contribution in [2.75, 3.05) is 22.1 Å². The maximum atomic E-state index is 12.1. The number of amides is 2. The van der Waals surface area contributed by atoms with Crippen LogP contribution in [0.15, 0.2) is 76.9 Å². The van der Waals surface area contributed by atoms with Crippen molar-refractivity contribution in [1.29, 1.82) is 0 Å². The molecule has 0 radical (unpaired) electrons. The lowest BCUT2D eigenvalue weighted by molar-refractivity contribution is -0.114. The van der Waals surface area contributed by atoms with Gasteiger partial charge in [-0.3, -0.25) is 9.59 Å². The third-order valence-electron chi connectivity index (χ3n) is 3.61. The Balaban J connectivity index is 1.51. The second-order valence-electron chi connectivity index (χ2n) is 6.04. The summed E-state index contributed by atoms with van der Waals surface area (Å²) in [6, 6.07) is 20.4. The van der Waals surface area contributed by atoms with E-state index in [1.54, 1.807) is 0 Å². The number of para-hydroxylation sites is 2. The molecule has 1 heterocycles. The van der Waals surface area contributed by atoms with Crippen LogP contribution >= 0.6 is 23.5 Å². The van der Waals surface area contributed by atoms with Crippen molar-refractivity contribution in [1.82, 2.24) is 9.97 Å². The molecule has 0 aliphatic carbocycles. The molecule has 0 fully saturated rings. The van der Waals surface area contributed by atoms with Gasteiger partial charge in [0.1, 0.15) is 5.03 Å². The number of aryl methyl sites for hydroxylation is 1. The fourth-order valence-corrected chi connectivity index (χ4v) is 3.88. The van der Waals surface area contributed by atoms with Crippen LogP contribution < -0.4 is 10.6 Å². The van der Waals surface area contributed by atoms with Crippen LogP contribution in [-0.4, -0.2) is 33.3 Å². The van der Waals surface area contributed by atoms with Gasteiger partial charge >= 0.3 is 0 Å². The van der Waals surface area contributed by atoms with Gasteiger partial charge in [-0.2, -0.15) is 0 Å². The predicted molar refractivity (Wildman–Crippen MR) is 118 cm³/mol. The Morgan fingerprint density at radius 3 is 1.86 bits per heavy atom. The molecule has 3 rings (SSSR count). The van der Waals surface area contributed by atoms with Crippen LogP contribution in [0.2, 0.25) is 0 Å². The first-order valence-electron chi connectivity index (χ1n) is 8.89. The first-order valence-corrected chi connectivity index (χ1v) is 10.9. The monoisotopic (exact) mass is 424 g/mol. The molecule has 0 bridgehead atoms. The zero-order chi connectivity index (χ0) is 20.5. The number of hydrogen-bond donors (Lipinski definition) is 2. The maximum absolute atomic E-state index is 12.1. The third-order valence-corrected chi connectivity index (χ3v) is 5.37. The molecule has 0 unspecified atom stereocenters. The highest BCUT2D eigenvalue weighted by Gasteiger charge is 2.10. The number of benzene rings is 2. The highest BCUT2D eigenvalue weighted by molar-refractivity contribution is 8.00. The minimum atomic E-state index is -0.122. The van der Waals surface area contributed by atoms with E-state index in [1.807, 2.05) is 73.7 Å². The van der Waals surface area contributed by atoms with Gasteiger partial charge < -0.3 is 10.6 Å². The number of thioether (sulfide) groups is 2. The molecule has 0 saturated carbocycles. The average molecular weight is 425 g/mol. The van der Waals surface area contributed by atoms with E-state index in [2.05, 4.69) is 20.6 Å². The van der Waals surface area contributed by atoms with E-state index in [0.29, 0.717) is 10.2 Å². The first kappa shape index (κ1) is 20.9.